The summed E-state index contributed by atoms with van der Waals surface area (Å²) in [6.07, 6.45) is 0. The van der Waals surface area contributed by atoms with Crippen LogP contribution in [0.2, 0.25) is 5.02 Å². The molecule has 0 aliphatic heterocycles. The number of aryl methyl sites for hydroxylation is 1. The van der Waals surface area contributed by atoms with Gasteiger partial charge in [-0.25, -0.2) is 0 Å². The second-order valence-electron chi connectivity index (χ2n) is 6.10. The molecule has 0 aromatic heterocycles. The Morgan fingerprint density at radius 3 is 2.35 bits per heavy atom. The number of methoxy groups -OCH3 is 1. The number of rotatable bonds is 7. The molecule has 0 unspecified atom stereocenters. The van der Waals surface area contributed by atoms with E-state index >= 15 is 0 Å². The second kappa shape index (κ2) is 8.63. The number of ether oxygens (including phenoxy) is 2. The third-order valence-corrected chi connectivity index (χ3v) is 4.34. The van der Waals surface area contributed by atoms with E-state index in [4.69, 9.17) is 21.1 Å². The average Bonchev–Trinajstić information content (AvgIpc) is 2.67. The number of hydrogen-bond acceptors (Lipinski definition) is 3. The van der Waals surface area contributed by atoms with Crippen LogP contribution in [0, 0.1) is 6.92 Å². The Hall–Kier alpha value is -2.65. The smallest absolute Gasteiger partial charge is 0.180 e. The molecule has 3 aromatic rings. The van der Waals surface area contributed by atoms with Gasteiger partial charge in [0, 0.05) is 12.2 Å². The van der Waals surface area contributed by atoms with Gasteiger partial charge in [0.05, 0.1) is 12.1 Å². The summed E-state index contributed by atoms with van der Waals surface area (Å²) < 4.78 is 11.4. The van der Waals surface area contributed by atoms with Crippen LogP contribution in [0.4, 0.5) is 5.69 Å². The van der Waals surface area contributed by atoms with Crippen molar-refractivity contribution >= 4 is 17.3 Å². The fourth-order valence-electron chi connectivity index (χ4n) is 2.62. The van der Waals surface area contributed by atoms with Crippen molar-refractivity contribution in [2.24, 2.45) is 0 Å². The maximum Gasteiger partial charge on any atom is 0.180 e. The quantitative estimate of drug-likeness (QED) is 0.568. The molecule has 0 fully saturated rings. The molecule has 0 saturated heterocycles. The Morgan fingerprint density at radius 1 is 0.923 bits per heavy atom. The summed E-state index contributed by atoms with van der Waals surface area (Å²) >= 11 is 6.45. The Bertz CT molecular complexity index is 848. The summed E-state index contributed by atoms with van der Waals surface area (Å²) in [6.45, 7) is 3.17. The van der Waals surface area contributed by atoms with Gasteiger partial charge in [0.25, 0.3) is 0 Å². The van der Waals surface area contributed by atoms with Gasteiger partial charge in [-0.05, 0) is 42.3 Å². The van der Waals surface area contributed by atoms with Gasteiger partial charge in [0.1, 0.15) is 6.61 Å². The number of halogens is 1. The Kier molecular flexibility index (Phi) is 6.03. The standard InChI is InChI=1S/C22H22ClNO2/c1-16-8-10-19(11-9-16)24-14-18-12-20(23)22(21(13-18)25-2)26-15-17-6-4-3-5-7-17/h3-13,24H,14-15H2,1-2H3. The lowest BCUT2D eigenvalue weighted by atomic mass is 10.1. The molecule has 0 aliphatic carbocycles. The summed E-state index contributed by atoms with van der Waals surface area (Å²) in [6, 6.07) is 22.1. The molecule has 4 heteroatoms. The van der Waals surface area contributed by atoms with Crippen molar-refractivity contribution in [2.75, 3.05) is 12.4 Å². The van der Waals surface area contributed by atoms with Crippen LogP contribution in [-0.4, -0.2) is 7.11 Å². The van der Waals surface area contributed by atoms with E-state index in [1.807, 2.05) is 42.5 Å². The van der Waals surface area contributed by atoms with Crippen LogP contribution in [0.1, 0.15) is 16.7 Å². The number of nitrogens with one attached hydrogen (secondary N) is 1. The van der Waals surface area contributed by atoms with E-state index < -0.39 is 0 Å². The van der Waals surface area contributed by atoms with Gasteiger partial charge < -0.3 is 14.8 Å². The molecule has 0 aliphatic rings. The summed E-state index contributed by atoms with van der Waals surface area (Å²) in [4.78, 5) is 0. The zero-order chi connectivity index (χ0) is 18.4. The molecule has 1 N–H and O–H groups in total. The van der Waals surface area contributed by atoms with Gasteiger partial charge in [-0.2, -0.15) is 0 Å². The number of hydrogen-bond donors (Lipinski definition) is 1. The fourth-order valence-corrected chi connectivity index (χ4v) is 2.91. The molecular formula is C22H22ClNO2. The van der Waals surface area contributed by atoms with Crippen LogP contribution in [0.3, 0.4) is 0 Å². The van der Waals surface area contributed by atoms with Crippen LogP contribution in [-0.2, 0) is 13.2 Å². The molecule has 0 heterocycles. The predicted molar refractivity (Wildman–Crippen MR) is 107 cm³/mol. The van der Waals surface area contributed by atoms with Gasteiger partial charge >= 0.3 is 0 Å². The molecule has 3 aromatic carbocycles. The topological polar surface area (TPSA) is 30.5 Å². The van der Waals surface area contributed by atoms with Crippen LogP contribution in [0.5, 0.6) is 11.5 Å². The first-order chi connectivity index (χ1) is 12.7. The van der Waals surface area contributed by atoms with Crippen molar-refractivity contribution in [1.29, 1.82) is 0 Å². The van der Waals surface area contributed by atoms with Crippen LogP contribution >= 0.6 is 11.6 Å². The Morgan fingerprint density at radius 2 is 1.65 bits per heavy atom. The van der Waals surface area contributed by atoms with E-state index in [9.17, 15) is 0 Å². The molecular weight excluding hydrogens is 346 g/mol. The van der Waals surface area contributed by atoms with Gasteiger partial charge in [-0.15, -0.1) is 0 Å². The fraction of sp³-hybridized carbons (Fsp3) is 0.182. The third-order valence-electron chi connectivity index (χ3n) is 4.06. The van der Waals surface area contributed by atoms with E-state index in [2.05, 4.69) is 36.5 Å². The van der Waals surface area contributed by atoms with Gasteiger partial charge in [0.2, 0.25) is 0 Å². The lowest BCUT2D eigenvalue weighted by Crippen LogP contribution is -2.02. The molecule has 0 saturated carbocycles. The average molecular weight is 368 g/mol. The minimum Gasteiger partial charge on any atom is -0.493 e. The van der Waals surface area contributed by atoms with Crippen LogP contribution in [0.15, 0.2) is 66.7 Å². The van der Waals surface area contributed by atoms with E-state index in [0.29, 0.717) is 29.7 Å². The number of benzene rings is 3. The number of anilines is 1. The lowest BCUT2D eigenvalue weighted by molar-refractivity contribution is 0.284. The van der Waals surface area contributed by atoms with E-state index in [1.165, 1.54) is 5.56 Å². The Balaban J connectivity index is 1.70. The van der Waals surface area contributed by atoms with Crippen molar-refractivity contribution < 1.29 is 9.47 Å². The summed E-state index contributed by atoms with van der Waals surface area (Å²) in [5.74, 6) is 1.20. The highest BCUT2D eigenvalue weighted by Crippen LogP contribution is 2.37. The summed E-state index contributed by atoms with van der Waals surface area (Å²) in [7, 11) is 1.62. The first-order valence-electron chi connectivity index (χ1n) is 8.49. The highest BCUT2D eigenvalue weighted by atomic mass is 35.5. The summed E-state index contributed by atoms with van der Waals surface area (Å²) in [5, 5.41) is 3.93. The maximum atomic E-state index is 6.45. The molecule has 0 atom stereocenters. The van der Waals surface area contributed by atoms with E-state index in [-0.39, 0.29) is 0 Å². The van der Waals surface area contributed by atoms with E-state index in [1.54, 1.807) is 7.11 Å². The SMILES string of the molecule is COc1cc(CNc2ccc(C)cc2)cc(Cl)c1OCc1ccccc1. The zero-order valence-corrected chi connectivity index (χ0v) is 15.7. The molecule has 134 valence electrons. The third kappa shape index (κ3) is 4.70. The molecule has 0 radical (unpaired) electrons. The molecule has 26 heavy (non-hydrogen) atoms. The lowest BCUT2D eigenvalue weighted by Gasteiger charge is -2.15. The Labute approximate surface area is 159 Å². The zero-order valence-electron chi connectivity index (χ0n) is 15.0. The van der Waals surface area contributed by atoms with Gasteiger partial charge in [0.15, 0.2) is 11.5 Å². The summed E-state index contributed by atoms with van der Waals surface area (Å²) in [5.41, 5.74) is 4.41. The molecule has 0 bridgehead atoms. The first-order valence-corrected chi connectivity index (χ1v) is 8.87. The monoisotopic (exact) mass is 367 g/mol. The van der Waals surface area contributed by atoms with Gasteiger partial charge in [-0.1, -0.05) is 59.6 Å². The second-order valence-corrected chi connectivity index (χ2v) is 6.51. The highest BCUT2D eigenvalue weighted by Gasteiger charge is 2.12. The normalized spacial score (nSPS) is 10.4. The van der Waals surface area contributed by atoms with Crippen LogP contribution in [0.25, 0.3) is 0 Å². The van der Waals surface area contributed by atoms with Crippen molar-refractivity contribution in [3.63, 3.8) is 0 Å². The molecule has 0 amide bonds. The minimum atomic E-state index is 0.442. The molecule has 3 rings (SSSR count). The van der Waals surface area contributed by atoms with Gasteiger partial charge in [-0.3, -0.25) is 0 Å². The van der Waals surface area contributed by atoms with Crippen molar-refractivity contribution in [1.82, 2.24) is 0 Å². The minimum absolute atomic E-state index is 0.442. The highest BCUT2D eigenvalue weighted by molar-refractivity contribution is 6.32. The molecule has 0 spiro atoms. The first kappa shape index (κ1) is 18.2. The predicted octanol–water partition coefficient (Wildman–Crippen LogP) is 5.85. The van der Waals surface area contributed by atoms with Crippen molar-refractivity contribution in [2.45, 2.75) is 20.1 Å². The largest absolute Gasteiger partial charge is 0.493 e. The molecule has 3 nitrogen and oxygen atoms in total. The van der Waals surface area contributed by atoms with Crippen molar-refractivity contribution in [3.8, 4) is 11.5 Å². The maximum absolute atomic E-state index is 6.45. The van der Waals surface area contributed by atoms with E-state index in [0.717, 1.165) is 16.8 Å². The van der Waals surface area contributed by atoms with Crippen LogP contribution < -0.4 is 14.8 Å². The van der Waals surface area contributed by atoms with Crippen molar-refractivity contribution in [3.05, 3.63) is 88.4 Å².